The molecule has 0 bridgehead atoms. The molecule has 21 heavy (non-hydrogen) atoms. The van der Waals surface area contributed by atoms with Gasteiger partial charge in [0.1, 0.15) is 12.1 Å². The number of amides is 1. The number of primary sulfonamides is 1. The Labute approximate surface area is 118 Å². The van der Waals surface area contributed by atoms with Gasteiger partial charge in [-0.15, -0.1) is 0 Å². The van der Waals surface area contributed by atoms with Gasteiger partial charge in [-0.1, -0.05) is 0 Å². The molecule has 0 atom stereocenters. The maximum absolute atomic E-state index is 13.7. The number of rotatable bonds is 3. The SMILES string of the molecule is NS(=O)(=O)c1ccc(NC(=O)c2ccc(=O)oc2)c(F)c1. The molecule has 7 nitrogen and oxygen atoms in total. The second-order valence-electron chi connectivity index (χ2n) is 3.98. The van der Waals surface area contributed by atoms with Crippen LogP contribution in [0.5, 0.6) is 0 Å². The van der Waals surface area contributed by atoms with Crippen LogP contribution in [0.15, 0.2) is 50.7 Å². The fourth-order valence-electron chi connectivity index (χ4n) is 1.46. The number of carbonyl (C=O) groups is 1. The van der Waals surface area contributed by atoms with Crippen LogP contribution in [0.2, 0.25) is 0 Å². The third kappa shape index (κ3) is 3.52. The molecular weight excluding hydrogens is 303 g/mol. The van der Waals surface area contributed by atoms with Gasteiger partial charge < -0.3 is 9.73 Å². The Hall–Kier alpha value is -2.52. The Balaban J connectivity index is 2.26. The van der Waals surface area contributed by atoms with Crippen LogP contribution in [0, 0.1) is 5.82 Å². The topological polar surface area (TPSA) is 119 Å². The minimum Gasteiger partial charge on any atom is -0.430 e. The van der Waals surface area contributed by atoms with Crippen molar-refractivity contribution < 1.29 is 22.0 Å². The summed E-state index contributed by atoms with van der Waals surface area (Å²) in [7, 11) is -4.03. The fraction of sp³-hybridized carbons (Fsp3) is 0. The van der Waals surface area contributed by atoms with Crippen molar-refractivity contribution in [2.75, 3.05) is 5.32 Å². The molecule has 1 aromatic carbocycles. The standard InChI is InChI=1S/C12H9FN2O5S/c13-9-5-8(21(14,18)19)2-3-10(9)15-12(17)7-1-4-11(16)20-6-7/h1-6H,(H,15,17)(H2,14,18,19). The number of hydrogen-bond acceptors (Lipinski definition) is 5. The molecule has 0 aliphatic rings. The number of anilines is 1. The molecule has 110 valence electrons. The number of halogens is 1. The summed E-state index contributed by atoms with van der Waals surface area (Å²) >= 11 is 0. The quantitative estimate of drug-likeness (QED) is 0.863. The number of nitrogens with two attached hydrogens (primary N) is 1. The van der Waals surface area contributed by atoms with Crippen molar-refractivity contribution in [3.8, 4) is 0 Å². The molecule has 2 aromatic rings. The van der Waals surface area contributed by atoms with Gasteiger partial charge in [0.25, 0.3) is 5.91 Å². The Morgan fingerprint density at radius 2 is 1.95 bits per heavy atom. The molecule has 2 rings (SSSR count). The van der Waals surface area contributed by atoms with Gasteiger partial charge in [0.15, 0.2) is 0 Å². The predicted octanol–water partition coefficient (Wildman–Crippen LogP) is 0.679. The first-order chi connectivity index (χ1) is 9.77. The van der Waals surface area contributed by atoms with E-state index in [1.54, 1.807) is 0 Å². The lowest BCUT2D eigenvalue weighted by Crippen LogP contribution is -2.15. The highest BCUT2D eigenvalue weighted by atomic mass is 32.2. The summed E-state index contributed by atoms with van der Waals surface area (Å²) in [5, 5.41) is 7.07. The van der Waals surface area contributed by atoms with E-state index in [1.807, 2.05) is 0 Å². The highest BCUT2D eigenvalue weighted by Crippen LogP contribution is 2.18. The van der Waals surface area contributed by atoms with Crippen molar-refractivity contribution in [3.05, 3.63) is 58.4 Å². The molecule has 0 saturated carbocycles. The van der Waals surface area contributed by atoms with Crippen LogP contribution in [0.3, 0.4) is 0 Å². The van der Waals surface area contributed by atoms with E-state index in [0.29, 0.717) is 6.07 Å². The molecule has 1 amide bonds. The minimum absolute atomic E-state index is 0.00419. The molecule has 0 unspecified atom stereocenters. The Bertz CT molecular complexity index is 840. The summed E-state index contributed by atoms with van der Waals surface area (Å²) in [6.07, 6.45) is 0.925. The molecule has 1 heterocycles. The molecule has 9 heteroatoms. The molecule has 0 fully saturated rings. The summed E-state index contributed by atoms with van der Waals surface area (Å²) in [5.41, 5.74) is -0.863. The monoisotopic (exact) mass is 312 g/mol. The maximum Gasteiger partial charge on any atom is 0.335 e. The van der Waals surface area contributed by atoms with E-state index >= 15 is 0 Å². The second-order valence-corrected chi connectivity index (χ2v) is 5.55. The third-order valence-corrected chi connectivity index (χ3v) is 3.39. The van der Waals surface area contributed by atoms with Gasteiger partial charge in [0, 0.05) is 6.07 Å². The lowest BCUT2D eigenvalue weighted by atomic mass is 10.2. The van der Waals surface area contributed by atoms with Crippen LogP contribution in [0.25, 0.3) is 0 Å². The Morgan fingerprint density at radius 1 is 1.24 bits per heavy atom. The molecule has 0 radical (unpaired) electrons. The average Bonchev–Trinajstić information content (AvgIpc) is 2.40. The summed E-state index contributed by atoms with van der Waals surface area (Å²) in [6, 6.07) is 5.05. The second kappa shape index (κ2) is 5.46. The number of hydrogen-bond donors (Lipinski definition) is 2. The van der Waals surface area contributed by atoms with Crippen molar-refractivity contribution >= 4 is 21.6 Å². The van der Waals surface area contributed by atoms with Gasteiger partial charge in [-0.25, -0.2) is 22.7 Å². The van der Waals surface area contributed by atoms with Gasteiger partial charge in [-0.3, -0.25) is 4.79 Å². The van der Waals surface area contributed by atoms with Crippen LogP contribution in [0.1, 0.15) is 10.4 Å². The summed E-state index contributed by atoms with van der Waals surface area (Å²) in [4.78, 5) is 22.1. The van der Waals surface area contributed by atoms with Crippen molar-refractivity contribution in [3.63, 3.8) is 0 Å². The number of carbonyl (C=O) groups excluding carboxylic acids is 1. The van der Waals surface area contributed by atoms with Crippen LogP contribution in [-0.4, -0.2) is 14.3 Å². The summed E-state index contributed by atoms with van der Waals surface area (Å²) < 4.78 is 40.3. The molecule has 0 aliphatic heterocycles. The van der Waals surface area contributed by atoms with Crippen molar-refractivity contribution in [2.45, 2.75) is 4.90 Å². The lowest BCUT2D eigenvalue weighted by molar-refractivity contribution is 0.102. The third-order valence-electron chi connectivity index (χ3n) is 2.48. The molecule has 0 saturated heterocycles. The zero-order chi connectivity index (χ0) is 15.6. The maximum atomic E-state index is 13.7. The molecule has 1 aromatic heterocycles. The van der Waals surface area contributed by atoms with Crippen molar-refractivity contribution in [1.82, 2.24) is 0 Å². The van der Waals surface area contributed by atoms with E-state index < -0.39 is 32.3 Å². The number of benzene rings is 1. The highest BCUT2D eigenvalue weighted by molar-refractivity contribution is 7.89. The minimum atomic E-state index is -4.03. The van der Waals surface area contributed by atoms with Gasteiger partial charge in [-0.2, -0.15) is 0 Å². The Kier molecular flexibility index (Phi) is 3.87. The molecular formula is C12H9FN2O5S. The normalized spacial score (nSPS) is 11.1. The largest absolute Gasteiger partial charge is 0.430 e. The smallest absolute Gasteiger partial charge is 0.335 e. The van der Waals surface area contributed by atoms with Crippen molar-refractivity contribution in [1.29, 1.82) is 0 Å². The van der Waals surface area contributed by atoms with E-state index in [2.05, 4.69) is 9.73 Å². The van der Waals surface area contributed by atoms with Gasteiger partial charge in [0.05, 0.1) is 16.1 Å². The van der Waals surface area contributed by atoms with Crippen LogP contribution >= 0.6 is 0 Å². The van der Waals surface area contributed by atoms with Gasteiger partial charge in [-0.05, 0) is 24.3 Å². The first kappa shape index (κ1) is 14.9. The zero-order valence-corrected chi connectivity index (χ0v) is 11.2. The number of nitrogens with one attached hydrogen (secondary N) is 1. The average molecular weight is 312 g/mol. The van der Waals surface area contributed by atoms with E-state index in [-0.39, 0.29) is 11.3 Å². The van der Waals surface area contributed by atoms with E-state index in [0.717, 1.165) is 24.5 Å². The van der Waals surface area contributed by atoms with Crippen molar-refractivity contribution in [2.24, 2.45) is 5.14 Å². The lowest BCUT2D eigenvalue weighted by Gasteiger charge is -2.07. The van der Waals surface area contributed by atoms with Gasteiger partial charge >= 0.3 is 5.63 Å². The van der Waals surface area contributed by atoms with Crippen LogP contribution < -0.4 is 16.1 Å². The molecule has 0 spiro atoms. The van der Waals surface area contributed by atoms with Crippen LogP contribution in [0.4, 0.5) is 10.1 Å². The predicted molar refractivity (Wildman–Crippen MR) is 70.7 cm³/mol. The Morgan fingerprint density at radius 3 is 2.48 bits per heavy atom. The van der Waals surface area contributed by atoms with E-state index in [1.165, 1.54) is 6.07 Å². The molecule has 3 N–H and O–H groups in total. The zero-order valence-electron chi connectivity index (χ0n) is 10.4. The first-order valence-electron chi connectivity index (χ1n) is 5.50. The van der Waals surface area contributed by atoms with E-state index in [9.17, 15) is 22.4 Å². The van der Waals surface area contributed by atoms with E-state index in [4.69, 9.17) is 5.14 Å². The van der Waals surface area contributed by atoms with Crippen LogP contribution in [-0.2, 0) is 10.0 Å². The summed E-state index contributed by atoms with van der Waals surface area (Å²) in [5.74, 6) is -1.69. The number of sulfonamides is 1. The van der Waals surface area contributed by atoms with Gasteiger partial charge in [0.2, 0.25) is 10.0 Å². The summed E-state index contributed by atoms with van der Waals surface area (Å²) in [6.45, 7) is 0. The first-order valence-corrected chi connectivity index (χ1v) is 7.04. The highest BCUT2D eigenvalue weighted by Gasteiger charge is 2.14. The fourth-order valence-corrected chi connectivity index (χ4v) is 1.98. The molecule has 0 aliphatic carbocycles.